The Bertz CT molecular complexity index is 842. The topological polar surface area (TPSA) is 90.2 Å². The highest BCUT2D eigenvalue weighted by atomic mass is 32.2. The van der Waals surface area contributed by atoms with Crippen LogP contribution >= 0.6 is 0 Å². The first-order valence-electron chi connectivity index (χ1n) is 5.86. The first-order chi connectivity index (χ1) is 9.85. The molecule has 2 rings (SSSR count). The second kappa shape index (κ2) is 5.42. The van der Waals surface area contributed by atoms with Gasteiger partial charge in [-0.3, -0.25) is 4.72 Å². The molecule has 5 nitrogen and oxygen atoms in total. The molecule has 0 aromatic heterocycles. The zero-order valence-electron chi connectivity index (χ0n) is 11.0. The largest absolute Gasteiger partial charge is 0.506 e. The van der Waals surface area contributed by atoms with E-state index in [1.165, 1.54) is 24.3 Å². The van der Waals surface area contributed by atoms with Crippen LogP contribution in [0.15, 0.2) is 41.3 Å². The number of sulfonamides is 1. The minimum atomic E-state index is -4.19. The molecule has 0 atom stereocenters. The maximum atomic E-state index is 13.5. The van der Waals surface area contributed by atoms with Crippen LogP contribution in [0.25, 0.3) is 0 Å². The predicted octanol–water partition coefficient (Wildman–Crippen LogP) is 2.51. The monoisotopic (exact) mass is 306 g/mol. The number of aromatic hydroxyl groups is 1. The number of aryl methyl sites for hydroxylation is 1. The highest BCUT2D eigenvalue weighted by Gasteiger charge is 2.22. The SMILES string of the molecule is Cc1ccc(O)c(NS(=O)(=O)c2cccc(F)c2C#N)c1. The maximum absolute atomic E-state index is 13.5. The van der Waals surface area contributed by atoms with Gasteiger partial charge >= 0.3 is 0 Å². The van der Waals surface area contributed by atoms with Gasteiger partial charge < -0.3 is 5.11 Å². The van der Waals surface area contributed by atoms with Gasteiger partial charge in [0, 0.05) is 0 Å². The molecule has 2 aromatic rings. The van der Waals surface area contributed by atoms with Gasteiger partial charge in [0.25, 0.3) is 10.0 Å². The molecule has 2 N–H and O–H groups in total. The zero-order chi connectivity index (χ0) is 15.6. The highest BCUT2D eigenvalue weighted by Crippen LogP contribution is 2.28. The van der Waals surface area contributed by atoms with E-state index in [1.54, 1.807) is 13.0 Å². The van der Waals surface area contributed by atoms with Gasteiger partial charge in [0.1, 0.15) is 28.1 Å². The fourth-order valence-electron chi connectivity index (χ4n) is 1.77. The molecule has 0 radical (unpaired) electrons. The molecule has 2 aromatic carbocycles. The van der Waals surface area contributed by atoms with Crippen molar-refractivity contribution in [1.29, 1.82) is 5.26 Å². The molecule has 0 aliphatic heterocycles. The van der Waals surface area contributed by atoms with E-state index >= 15 is 0 Å². The number of rotatable bonds is 3. The molecule has 0 unspecified atom stereocenters. The molecule has 0 saturated heterocycles. The molecule has 21 heavy (non-hydrogen) atoms. The molecular weight excluding hydrogens is 295 g/mol. The zero-order valence-corrected chi connectivity index (χ0v) is 11.8. The molecule has 7 heteroatoms. The summed E-state index contributed by atoms with van der Waals surface area (Å²) in [6.45, 7) is 1.72. The predicted molar refractivity (Wildman–Crippen MR) is 74.8 cm³/mol. The minimum Gasteiger partial charge on any atom is -0.506 e. The summed E-state index contributed by atoms with van der Waals surface area (Å²) >= 11 is 0. The van der Waals surface area contributed by atoms with Gasteiger partial charge in [-0.25, -0.2) is 12.8 Å². The molecular formula is C14H11FN2O3S. The third-order valence-corrected chi connectivity index (χ3v) is 4.18. The minimum absolute atomic E-state index is 0.0387. The van der Waals surface area contributed by atoms with E-state index in [1.807, 2.05) is 0 Å². The van der Waals surface area contributed by atoms with Crippen molar-refractivity contribution in [1.82, 2.24) is 0 Å². The Morgan fingerprint density at radius 3 is 2.67 bits per heavy atom. The number of benzene rings is 2. The van der Waals surface area contributed by atoms with Crippen LogP contribution in [0.5, 0.6) is 5.75 Å². The fourth-order valence-corrected chi connectivity index (χ4v) is 3.00. The third-order valence-electron chi connectivity index (χ3n) is 2.77. The average Bonchev–Trinajstić information content (AvgIpc) is 2.42. The van der Waals surface area contributed by atoms with Gasteiger partial charge in [-0.05, 0) is 36.8 Å². The van der Waals surface area contributed by atoms with Crippen LogP contribution in [0.3, 0.4) is 0 Å². The van der Waals surface area contributed by atoms with E-state index in [0.29, 0.717) is 0 Å². The summed E-state index contributed by atoms with van der Waals surface area (Å²) in [5, 5.41) is 18.6. The number of phenols is 1. The van der Waals surface area contributed by atoms with Crippen LogP contribution in [0.2, 0.25) is 0 Å². The van der Waals surface area contributed by atoms with Gasteiger partial charge in [-0.2, -0.15) is 5.26 Å². The Labute approximate surface area is 121 Å². The summed E-state index contributed by atoms with van der Waals surface area (Å²) < 4.78 is 40.2. The summed E-state index contributed by atoms with van der Waals surface area (Å²) in [4.78, 5) is -0.481. The lowest BCUT2D eigenvalue weighted by atomic mass is 10.2. The van der Waals surface area contributed by atoms with Crippen molar-refractivity contribution in [3.8, 4) is 11.8 Å². The van der Waals surface area contributed by atoms with Crippen LogP contribution in [-0.2, 0) is 10.0 Å². The Morgan fingerprint density at radius 2 is 2.00 bits per heavy atom. The van der Waals surface area contributed by atoms with E-state index in [4.69, 9.17) is 5.26 Å². The molecule has 0 aliphatic rings. The van der Waals surface area contributed by atoms with Crippen molar-refractivity contribution < 1.29 is 17.9 Å². The number of hydrogen-bond acceptors (Lipinski definition) is 4. The average molecular weight is 306 g/mol. The van der Waals surface area contributed by atoms with E-state index < -0.39 is 26.3 Å². The number of nitrogens with zero attached hydrogens (tertiary/aromatic N) is 1. The van der Waals surface area contributed by atoms with Crippen LogP contribution in [-0.4, -0.2) is 13.5 Å². The summed E-state index contributed by atoms with van der Waals surface area (Å²) in [5.74, 6) is -1.19. The van der Waals surface area contributed by atoms with E-state index in [9.17, 15) is 17.9 Å². The molecule has 0 aliphatic carbocycles. The van der Waals surface area contributed by atoms with Gasteiger partial charge in [0.2, 0.25) is 0 Å². The van der Waals surface area contributed by atoms with Crippen molar-refractivity contribution in [3.05, 3.63) is 53.3 Å². The first kappa shape index (κ1) is 14.8. The maximum Gasteiger partial charge on any atom is 0.263 e. The highest BCUT2D eigenvalue weighted by molar-refractivity contribution is 7.92. The number of anilines is 1. The third kappa shape index (κ3) is 2.95. The van der Waals surface area contributed by atoms with Gasteiger partial charge in [-0.15, -0.1) is 0 Å². The van der Waals surface area contributed by atoms with Crippen molar-refractivity contribution in [3.63, 3.8) is 0 Å². The van der Waals surface area contributed by atoms with Gasteiger partial charge in [-0.1, -0.05) is 12.1 Å². The Morgan fingerprint density at radius 1 is 1.29 bits per heavy atom. The van der Waals surface area contributed by atoms with E-state index in [0.717, 1.165) is 17.7 Å². The molecule has 0 spiro atoms. The number of halogens is 1. The van der Waals surface area contributed by atoms with Gasteiger partial charge in [0.05, 0.1) is 5.69 Å². The van der Waals surface area contributed by atoms with Crippen molar-refractivity contribution in [2.75, 3.05) is 4.72 Å². The molecule has 108 valence electrons. The standard InChI is InChI=1S/C14H11FN2O3S/c1-9-5-6-13(18)12(7-9)17-21(19,20)14-4-2-3-11(15)10(14)8-16/h2-7,17-18H,1H3. The van der Waals surface area contributed by atoms with Crippen molar-refractivity contribution in [2.45, 2.75) is 11.8 Å². The van der Waals surface area contributed by atoms with Crippen LogP contribution in [0, 0.1) is 24.1 Å². The van der Waals surface area contributed by atoms with Crippen LogP contribution in [0.4, 0.5) is 10.1 Å². The summed E-state index contributed by atoms with van der Waals surface area (Å²) in [5.41, 5.74) is 0.116. The molecule has 0 bridgehead atoms. The number of phenolic OH excluding ortho intramolecular Hbond substituents is 1. The summed E-state index contributed by atoms with van der Waals surface area (Å²) in [7, 11) is -4.19. The Balaban J connectivity index is 2.52. The normalized spacial score (nSPS) is 10.9. The number of nitrogens with one attached hydrogen (secondary N) is 1. The Hall–Kier alpha value is -2.59. The molecule has 0 heterocycles. The van der Waals surface area contributed by atoms with Gasteiger partial charge in [0.15, 0.2) is 0 Å². The smallest absolute Gasteiger partial charge is 0.263 e. The summed E-state index contributed by atoms with van der Waals surface area (Å²) in [6, 6.07) is 9.22. The fraction of sp³-hybridized carbons (Fsp3) is 0.0714. The van der Waals surface area contributed by atoms with Crippen molar-refractivity contribution >= 4 is 15.7 Å². The van der Waals surface area contributed by atoms with Crippen LogP contribution in [0.1, 0.15) is 11.1 Å². The van der Waals surface area contributed by atoms with E-state index in [-0.39, 0.29) is 11.4 Å². The quantitative estimate of drug-likeness (QED) is 0.853. The lowest BCUT2D eigenvalue weighted by Gasteiger charge is -2.11. The lowest BCUT2D eigenvalue weighted by molar-refractivity contribution is 0.477. The molecule has 0 amide bonds. The molecule has 0 fully saturated rings. The first-order valence-corrected chi connectivity index (χ1v) is 7.34. The number of nitriles is 1. The Kier molecular flexibility index (Phi) is 3.82. The molecule has 0 saturated carbocycles. The second-order valence-electron chi connectivity index (χ2n) is 4.35. The number of hydrogen-bond donors (Lipinski definition) is 2. The lowest BCUT2D eigenvalue weighted by Crippen LogP contribution is -2.15. The second-order valence-corrected chi connectivity index (χ2v) is 6.00. The van der Waals surface area contributed by atoms with Crippen molar-refractivity contribution in [2.24, 2.45) is 0 Å². The van der Waals surface area contributed by atoms with Crippen LogP contribution < -0.4 is 4.72 Å². The summed E-state index contributed by atoms with van der Waals surface area (Å²) in [6.07, 6.45) is 0. The van der Waals surface area contributed by atoms with E-state index in [2.05, 4.69) is 4.72 Å².